The molecular formula is C50H82. The lowest BCUT2D eigenvalue weighted by Crippen LogP contribution is -2.80. The Labute approximate surface area is 311 Å². The average molecular weight is 683 g/mol. The second-order valence-electron chi connectivity index (χ2n) is 22.2. The molecule has 0 nitrogen and oxygen atoms in total. The topological polar surface area (TPSA) is 0 Å². The first-order valence-corrected chi connectivity index (χ1v) is 24.8. The highest BCUT2D eigenvalue weighted by atomic mass is 14.9. The van der Waals surface area contributed by atoms with Crippen LogP contribution in [0.3, 0.4) is 0 Å². The third-order valence-corrected chi connectivity index (χ3v) is 20.9. The van der Waals surface area contributed by atoms with Gasteiger partial charge in [0.2, 0.25) is 0 Å². The summed E-state index contributed by atoms with van der Waals surface area (Å²) in [5.74, 6) is 11.0. The lowest BCUT2D eigenvalue weighted by atomic mass is 9.19. The van der Waals surface area contributed by atoms with Gasteiger partial charge in [0.15, 0.2) is 0 Å². The zero-order valence-corrected chi connectivity index (χ0v) is 33.2. The molecule has 0 aromatic carbocycles. The van der Waals surface area contributed by atoms with Gasteiger partial charge in [0.25, 0.3) is 0 Å². The molecule has 0 heteroatoms. The molecule has 6 unspecified atom stereocenters. The minimum absolute atomic E-state index is 0.652. The molecule has 282 valence electrons. The highest BCUT2D eigenvalue weighted by Crippen LogP contribution is 2.90. The maximum absolute atomic E-state index is 1.72. The summed E-state index contributed by atoms with van der Waals surface area (Å²) in [5.41, 5.74) is 2.71. The maximum Gasteiger partial charge on any atom is -0.0109 e. The van der Waals surface area contributed by atoms with Gasteiger partial charge >= 0.3 is 0 Å². The smallest absolute Gasteiger partial charge is 0.0109 e. The van der Waals surface area contributed by atoms with Gasteiger partial charge < -0.3 is 0 Å². The van der Waals surface area contributed by atoms with Crippen LogP contribution in [0.25, 0.3) is 0 Å². The summed E-state index contributed by atoms with van der Waals surface area (Å²) < 4.78 is 0. The predicted molar refractivity (Wildman–Crippen MR) is 211 cm³/mol. The van der Waals surface area contributed by atoms with Crippen molar-refractivity contribution in [2.45, 2.75) is 231 Å². The molecule has 10 saturated carbocycles. The molecule has 0 spiro atoms. The minimum Gasteiger partial charge on any atom is -0.0533 e. The zero-order valence-electron chi connectivity index (χ0n) is 33.2. The van der Waals surface area contributed by atoms with E-state index in [2.05, 4.69) is 0 Å². The Hall–Kier alpha value is 0. The molecule has 0 saturated heterocycles. The first-order chi connectivity index (χ1) is 24.8. The van der Waals surface area contributed by atoms with Gasteiger partial charge in [0, 0.05) is 0 Å². The quantitative estimate of drug-likeness (QED) is 0.234. The Morgan fingerprint density at radius 2 is 0.740 bits per heavy atom. The van der Waals surface area contributed by atoms with Crippen molar-refractivity contribution < 1.29 is 0 Å². The molecule has 10 fully saturated rings. The Balaban J connectivity index is 1.35. The molecule has 10 rings (SSSR count). The molecule has 10 aliphatic rings. The van der Waals surface area contributed by atoms with Crippen LogP contribution in [0.1, 0.15) is 231 Å². The van der Waals surface area contributed by atoms with E-state index >= 15 is 0 Å². The number of hydrogen-bond acceptors (Lipinski definition) is 0. The highest BCUT2D eigenvalue weighted by molar-refractivity contribution is 5.32. The van der Waals surface area contributed by atoms with Crippen LogP contribution in [-0.2, 0) is 0 Å². The third kappa shape index (κ3) is 4.84. The van der Waals surface area contributed by atoms with Gasteiger partial charge in [-0.05, 0) is 203 Å². The van der Waals surface area contributed by atoms with Crippen LogP contribution in [0.4, 0.5) is 0 Å². The first kappa shape index (κ1) is 34.5. The van der Waals surface area contributed by atoms with Gasteiger partial charge in [-0.3, -0.25) is 0 Å². The van der Waals surface area contributed by atoms with E-state index in [1.807, 2.05) is 0 Å². The van der Waals surface area contributed by atoms with E-state index in [0.717, 1.165) is 59.2 Å². The SMILES string of the molecule is C1CCCC(C2(C34CCC(CC3)C4)C3CCCCC3C(C3CC3)C(C3CCCC3)(C3CCC3)C2(C2CCCCCC2)C2CCCCC2)CCC1. The normalized spacial score (nSPS) is 47.8. The second-order valence-corrected chi connectivity index (χ2v) is 22.2. The molecule has 2 bridgehead atoms. The highest BCUT2D eigenvalue weighted by Gasteiger charge is 2.85. The van der Waals surface area contributed by atoms with Crippen molar-refractivity contribution in [1.29, 1.82) is 0 Å². The van der Waals surface area contributed by atoms with Gasteiger partial charge in [-0.15, -0.1) is 0 Å². The Morgan fingerprint density at radius 3 is 1.22 bits per heavy atom. The van der Waals surface area contributed by atoms with E-state index in [1.165, 1.54) is 0 Å². The lowest BCUT2D eigenvalue weighted by Gasteiger charge is -2.84. The molecule has 0 N–H and O–H groups in total. The van der Waals surface area contributed by atoms with Crippen molar-refractivity contribution >= 4 is 0 Å². The molecular weight excluding hydrogens is 601 g/mol. The molecule has 0 heterocycles. The molecule has 0 aliphatic heterocycles. The monoisotopic (exact) mass is 683 g/mol. The summed E-state index contributed by atoms with van der Waals surface area (Å²) in [4.78, 5) is 0. The van der Waals surface area contributed by atoms with E-state index < -0.39 is 0 Å². The molecule has 6 atom stereocenters. The summed E-state index contributed by atoms with van der Waals surface area (Å²) in [5, 5.41) is 0. The van der Waals surface area contributed by atoms with Crippen LogP contribution < -0.4 is 0 Å². The molecule has 0 aromatic rings. The fourth-order valence-corrected chi connectivity index (χ4v) is 20.1. The second kappa shape index (κ2) is 13.9. The summed E-state index contributed by atoms with van der Waals surface area (Å²) in [6.45, 7) is 0. The summed E-state index contributed by atoms with van der Waals surface area (Å²) >= 11 is 0. The molecule has 0 radical (unpaired) electrons. The minimum atomic E-state index is 0.652. The predicted octanol–water partition coefficient (Wildman–Crippen LogP) is 15.3. The zero-order chi connectivity index (χ0) is 33.2. The molecule has 0 aromatic heterocycles. The summed E-state index contributed by atoms with van der Waals surface area (Å²) in [6.07, 6.45) is 58.7. The van der Waals surface area contributed by atoms with E-state index in [4.69, 9.17) is 0 Å². The Morgan fingerprint density at radius 1 is 0.320 bits per heavy atom. The van der Waals surface area contributed by atoms with Crippen LogP contribution in [0.15, 0.2) is 0 Å². The van der Waals surface area contributed by atoms with Crippen molar-refractivity contribution in [3.05, 3.63) is 0 Å². The van der Waals surface area contributed by atoms with Gasteiger partial charge in [-0.1, -0.05) is 109 Å². The van der Waals surface area contributed by atoms with Crippen molar-refractivity contribution in [2.24, 2.45) is 80.8 Å². The molecule has 10 aliphatic carbocycles. The molecule has 0 amide bonds. The van der Waals surface area contributed by atoms with E-state index in [0.29, 0.717) is 21.7 Å². The van der Waals surface area contributed by atoms with Crippen molar-refractivity contribution in [1.82, 2.24) is 0 Å². The van der Waals surface area contributed by atoms with Gasteiger partial charge in [-0.2, -0.15) is 0 Å². The third-order valence-electron chi connectivity index (χ3n) is 20.9. The number of hydrogen-bond donors (Lipinski definition) is 0. The van der Waals surface area contributed by atoms with Crippen LogP contribution in [0, 0.1) is 80.8 Å². The van der Waals surface area contributed by atoms with Gasteiger partial charge in [0.05, 0.1) is 0 Å². The number of rotatable bonds is 7. The largest absolute Gasteiger partial charge is 0.0533 e. The average Bonchev–Trinajstić information content (AvgIpc) is 3.51. The first-order valence-electron chi connectivity index (χ1n) is 24.8. The summed E-state index contributed by atoms with van der Waals surface area (Å²) in [7, 11) is 0. The standard InChI is InChI=1S/C50H82/c1-2-7-24-43(25-8-3-1)50(47-34-32-37(36-47)33-35-47)45-29-16-15-28-44(45)46(38-30-31-38)48(40-26-17-27-40,39-18-13-14-19-39)49(50,42-22-11-6-12-23-42)41-20-9-4-5-10-21-41/h37-46H,1-36H2. The van der Waals surface area contributed by atoms with Gasteiger partial charge in [0.1, 0.15) is 0 Å². The van der Waals surface area contributed by atoms with Crippen LogP contribution in [-0.4, -0.2) is 0 Å². The van der Waals surface area contributed by atoms with Crippen LogP contribution in [0.2, 0.25) is 0 Å². The van der Waals surface area contributed by atoms with Crippen molar-refractivity contribution in [2.75, 3.05) is 0 Å². The van der Waals surface area contributed by atoms with Crippen molar-refractivity contribution in [3.63, 3.8) is 0 Å². The van der Waals surface area contributed by atoms with Crippen LogP contribution >= 0.6 is 0 Å². The Bertz CT molecular complexity index is 1120. The van der Waals surface area contributed by atoms with E-state index in [9.17, 15) is 0 Å². The van der Waals surface area contributed by atoms with Gasteiger partial charge in [-0.25, -0.2) is 0 Å². The van der Waals surface area contributed by atoms with Crippen LogP contribution in [0.5, 0.6) is 0 Å². The van der Waals surface area contributed by atoms with Crippen molar-refractivity contribution in [3.8, 4) is 0 Å². The fraction of sp³-hybridized carbons (Fsp3) is 1.00. The van der Waals surface area contributed by atoms with E-state index in [-0.39, 0.29) is 0 Å². The fourth-order valence-electron chi connectivity index (χ4n) is 20.1. The van der Waals surface area contributed by atoms with E-state index in [1.54, 1.807) is 231 Å². The molecule has 50 heavy (non-hydrogen) atoms. The maximum atomic E-state index is 1.72. The Kier molecular flexibility index (Phi) is 9.61. The summed E-state index contributed by atoms with van der Waals surface area (Å²) in [6, 6.07) is 0. The number of fused-ring (bicyclic) bond motifs is 3. The lowest BCUT2D eigenvalue weighted by molar-refractivity contribution is -0.376.